The summed E-state index contributed by atoms with van der Waals surface area (Å²) in [5.74, 6) is 0.627. The number of aliphatic hydroxyl groups is 1. The van der Waals surface area contributed by atoms with Gasteiger partial charge in [0.1, 0.15) is 0 Å². The van der Waals surface area contributed by atoms with Crippen LogP contribution in [0.2, 0.25) is 5.02 Å². The Hall–Kier alpha value is -0.770. The number of halogens is 1. The van der Waals surface area contributed by atoms with Crippen LogP contribution in [0.3, 0.4) is 0 Å². The van der Waals surface area contributed by atoms with Crippen LogP contribution in [0.1, 0.15) is 26.3 Å². The smallest absolute Gasteiger partial charge is 0.0642 e. The Balaban J connectivity index is 2.87. The lowest BCUT2D eigenvalue weighted by Crippen LogP contribution is -2.29. The summed E-state index contributed by atoms with van der Waals surface area (Å²) < 4.78 is 0. The van der Waals surface area contributed by atoms with E-state index in [2.05, 4.69) is 37.1 Å². The number of hydrogen-bond acceptors (Lipinski definition) is 3. The molecular formula is C15H25ClN2O. The first kappa shape index (κ1) is 16.3. The van der Waals surface area contributed by atoms with E-state index >= 15 is 0 Å². The van der Waals surface area contributed by atoms with Crippen molar-refractivity contribution in [3.8, 4) is 0 Å². The molecule has 0 fully saturated rings. The van der Waals surface area contributed by atoms with E-state index in [4.69, 9.17) is 16.7 Å². The second-order valence-corrected chi connectivity index (χ2v) is 5.48. The molecular weight excluding hydrogens is 260 g/mol. The number of rotatable bonds is 8. The van der Waals surface area contributed by atoms with Crippen LogP contribution in [-0.4, -0.2) is 31.3 Å². The number of nitrogens with zero attached hydrogens (tertiary/aromatic N) is 1. The average Bonchev–Trinajstić information content (AvgIpc) is 2.36. The third-order valence-corrected chi connectivity index (χ3v) is 3.31. The number of benzene rings is 1. The van der Waals surface area contributed by atoms with Crippen molar-refractivity contribution in [2.24, 2.45) is 5.92 Å². The molecule has 4 heteroatoms. The predicted octanol–water partition coefficient (Wildman–Crippen LogP) is 2.90. The van der Waals surface area contributed by atoms with E-state index in [1.54, 1.807) is 0 Å². The first-order valence-corrected chi connectivity index (χ1v) is 7.31. The average molecular weight is 285 g/mol. The molecule has 1 aromatic carbocycles. The van der Waals surface area contributed by atoms with E-state index < -0.39 is 0 Å². The normalized spacial score (nSPS) is 11.1. The number of anilines is 1. The van der Waals surface area contributed by atoms with Gasteiger partial charge in [-0.1, -0.05) is 37.6 Å². The molecule has 0 amide bonds. The molecule has 3 nitrogen and oxygen atoms in total. The van der Waals surface area contributed by atoms with Gasteiger partial charge in [-0.25, -0.2) is 0 Å². The molecule has 0 aromatic heterocycles. The second-order valence-electron chi connectivity index (χ2n) is 5.08. The zero-order chi connectivity index (χ0) is 14.3. The summed E-state index contributed by atoms with van der Waals surface area (Å²) in [4.78, 5) is 2.12. The molecule has 0 saturated heterocycles. The molecule has 0 radical (unpaired) electrons. The Morgan fingerprint density at radius 3 is 2.68 bits per heavy atom. The summed E-state index contributed by atoms with van der Waals surface area (Å²) in [6, 6.07) is 5.97. The van der Waals surface area contributed by atoms with Crippen molar-refractivity contribution in [1.29, 1.82) is 0 Å². The molecule has 0 saturated carbocycles. The molecule has 0 spiro atoms. The number of nitrogens with one attached hydrogen (secondary N) is 1. The van der Waals surface area contributed by atoms with Crippen LogP contribution in [0, 0.1) is 5.92 Å². The standard InChI is InChI=1S/C15H25ClN2O/c1-4-18(8-9-19)15-13(6-5-7-14(15)16)11-17-10-12(2)3/h5-7,12,17,19H,4,8-11H2,1-3H3. The first-order chi connectivity index (χ1) is 9.10. The van der Waals surface area contributed by atoms with Gasteiger partial charge in [-0.2, -0.15) is 0 Å². The van der Waals surface area contributed by atoms with Gasteiger partial charge in [0.05, 0.1) is 17.3 Å². The van der Waals surface area contributed by atoms with Gasteiger partial charge in [0.15, 0.2) is 0 Å². The molecule has 0 aliphatic rings. The van der Waals surface area contributed by atoms with E-state index in [9.17, 15) is 0 Å². The highest BCUT2D eigenvalue weighted by Gasteiger charge is 2.13. The van der Waals surface area contributed by atoms with Crippen molar-refractivity contribution in [2.75, 3.05) is 31.1 Å². The highest BCUT2D eigenvalue weighted by molar-refractivity contribution is 6.33. The minimum atomic E-state index is 0.137. The van der Waals surface area contributed by atoms with E-state index in [-0.39, 0.29) is 6.61 Å². The maximum Gasteiger partial charge on any atom is 0.0642 e. The molecule has 19 heavy (non-hydrogen) atoms. The topological polar surface area (TPSA) is 35.5 Å². The van der Waals surface area contributed by atoms with E-state index in [0.717, 1.165) is 30.3 Å². The van der Waals surface area contributed by atoms with Gasteiger partial charge in [-0.3, -0.25) is 0 Å². The lowest BCUT2D eigenvalue weighted by atomic mass is 10.1. The Morgan fingerprint density at radius 2 is 2.11 bits per heavy atom. The van der Waals surface area contributed by atoms with Gasteiger partial charge in [-0.05, 0) is 31.0 Å². The fourth-order valence-electron chi connectivity index (χ4n) is 2.10. The highest BCUT2D eigenvalue weighted by atomic mass is 35.5. The van der Waals surface area contributed by atoms with Gasteiger partial charge >= 0.3 is 0 Å². The third-order valence-electron chi connectivity index (χ3n) is 3.01. The molecule has 0 bridgehead atoms. The zero-order valence-corrected chi connectivity index (χ0v) is 12.9. The molecule has 1 aromatic rings. The Kier molecular flexibility index (Phi) is 7.21. The molecule has 0 atom stereocenters. The minimum absolute atomic E-state index is 0.137. The molecule has 108 valence electrons. The second kappa shape index (κ2) is 8.41. The molecule has 0 unspecified atom stereocenters. The summed E-state index contributed by atoms with van der Waals surface area (Å²) in [5.41, 5.74) is 2.22. The van der Waals surface area contributed by atoms with Gasteiger partial charge in [0.25, 0.3) is 0 Å². The SMILES string of the molecule is CCN(CCO)c1c(Cl)cccc1CNCC(C)C. The monoisotopic (exact) mass is 284 g/mol. The molecule has 0 aliphatic carbocycles. The van der Waals surface area contributed by atoms with Gasteiger partial charge in [0.2, 0.25) is 0 Å². The summed E-state index contributed by atoms with van der Waals surface area (Å²) in [7, 11) is 0. The fraction of sp³-hybridized carbons (Fsp3) is 0.600. The van der Waals surface area contributed by atoms with Crippen molar-refractivity contribution < 1.29 is 5.11 Å². The Labute approximate surface area is 121 Å². The van der Waals surface area contributed by atoms with Crippen molar-refractivity contribution in [2.45, 2.75) is 27.3 Å². The largest absolute Gasteiger partial charge is 0.395 e. The lowest BCUT2D eigenvalue weighted by Gasteiger charge is -2.26. The van der Waals surface area contributed by atoms with Crippen LogP contribution in [0.25, 0.3) is 0 Å². The summed E-state index contributed by atoms with van der Waals surface area (Å²) >= 11 is 6.33. The lowest BCUT2D eigenvalue weighted by molar-refractivity contribution is 0.302. The summed E-state index contributed by atoms with van der Waals surface area (Å²) in [6.07, 6.45) is 0. The maximum absolute atomic E-state index is 9.16. The number of hydrogen-bond donors (Lipinski definition) is 2. The van der Waals surface area contributed by atoms with E-state index in [1.807, 2.05) is 12.1 Å². The fourth-order valence-corrected chi connectivity index (χ4v) is 2.41. The van der Waals surface area contributed by atoms with Crippen LogP contribution in [0.4, 0.5) is 5.69 Å². The summed E-state index contributed by atoms with van der Waals surface area (Å²) in [5, 5.41) is 13.4. The quantitative estimate of drug-likeness (QED) is 0.770. The van der Waals surface area contributed by atoms with Crippen LogP contribution >= 0.6 is 11.6 Å². The van der Waals surface area contributed by atoms with Crippen LogP contribution < -0.4 is 10.2 Å². The number of likely N-dealkylation sites (N-methyl/N-ethyl adjacent to an activating group) is 1. The minimum Gasteiger partial charge on any atom is -0.395 e. The van der Waals surface area contributed by atoms with E-state index in [0.29, 0.717) is 12.5 Å². The van der Waals surface area contributed by atoms with Crippen LogP contribution in [0.15, 0.2) is 18.2 Å². The van der Waals surface area contributed by atoms with Gasteiger partial charge < -0.3 is 15.3 Å². The zero-order valence-electron chi connectivity index (χ0n) is 12.1. The maximum atomic E-state index is 9.16. The van der Waals surface area contributed by atoms with Crippen LogP contribution in [0.5, 0.6) is 0 Å². The first-order valence-electron chi connectivity index (χ1n) is 6.94. The van der Waals surface area contributed by atoms with Gasteiger partial charge in [0, 0.05) is 19.6 Å². The molecule has 1 rings (SSSR count). The van der Waals surface area contributed by atoms with Crippen molar-refractivity contribution in [1.82, 2.24) is 5.32 Å². The van der Waals surface area contributed by atoms with Crippen molar-refractivity contribution >= 4 is 17.3 Å². The highest BCUT2D eigenvalue weighted by Crippen LogP contribution is 2.29. The third kappa shape index (κ3) is 5.01. The molecule has 0 aliphatic heterocycles. The van der Waals surface area contributed by atoms with E-state index in [1.165, 1.54) is 5.56 Å². The molecule has 0 heterocycles. The molecule has 2 N–H and O–H groups in total. The Bertz CT molecular complexity index is 382. The van der Waals surface area contributed by atoms with Gasteiger partial charge in [-0.15, -0.1) is 0 Å². The van der Waals surface area contributed by atoms with Crippen LogP contribution in [-0.2, 0) is 6.54 Å². The Morgan fingerprint density at radius 1 is 1.37 bits per heavy atom. The predicted molar refractivity (Wildman–Crippen MR) is 83.0 cm³/mol. The van der Waals surface area contributed by atoms with Crippen molar-refractivity contribution in [3.05, 3.63) is 28.8 Å². The number of aliphatic hydroxyl groups excluding tert-OH is 1. The van der Waals surface area contributed by atoms with Crippen molar-refractivity contribution in [3.63, 3.8) is 0 Å². The summed E-state index contributed by atoms with van der Waals surface area (Å²) in [6.45, 7) is 9.82. The number of para-hydroxylation sites is 1.